The molecule has 1 fully saturated rings. The highest BCUT2D eigenvalue weighted by molar-refractivity contribution is 5.92. The average molecular weight is 278 g/mol. The number of anilines is 2. The summed E-state index contributed by atoms with van der Waals surface area (Å²) in [5.41, 5.74) is 7.80. The number of carbonyl (C=O) groups is 1. The van der Waals surface area contributed by atoms with Crippen LogP contribution in [0.1, 0.15) is 37.0 Å². The molecule has 0 radical (unpaired) electrons. The molecule has 0 saturated carbocycles. The van der Waals surface area contributed by atoms with Gasteiger partial charge in [0.05, 0.1) is 29.1 Å². The fourth-order valence-corrected chi connectivity index (χ4v) is 2.16. The molecule has 1 heterocycles. The minimum absolute atomic E-state index is 0.138. The van der Waals surface area contributed by atoms with Gasteiger partial charge in [0.1, 0.15) is 0 Å². The first kappa shape index (κ1) is 14.7. The largest absolute Gasteiger partial charge is 0.459 e. The second-order valence-corrected chi connectivity index (χ2v) is 5.27. The van der Waals surface area contributed by atoms with E-state index in [4.69, 9.17) is 15.2 Å². The highest BCUT2D eigenvalue weighted by atomic mass is 16.5. The SMILES string of the molecule is CC(C)OC(=O)c1ccc(NC[C@H]2CCCO2)c(N)c1. The minimum atomic E-state index is -0.350. The van der Waals surface area contributed by atoms with E-state index in [1.807, 2.05) is 13.8 Å². The van der Waals surface area contributed by atoms with E-state index in [-0.39, 0.29) is 18.2 Å². The molecule has 0 bridgehead atoms. The van der Waals surface area contributed by atoms with Crippen LogP contribution < -0.4 is 11.1 Å². The van der Waals surface area contributed by atoms with Gasteiger partial charge in [-0.05, 0) is 44.9 Å². The van der Waals surface area contributed by atoms with Gasteiger partial charge >= 0.3 is 5.97 Å². The zero-order valence-electron chi connectivity index (χ0n) is 12.0. The summed E-state index contributed by atoms with van der Waals surface area (Å²) in [4.78, 5) is 11.8. The molecule has 110 valence electrons. The fraction of sp³-hybridized carbons (Fsp3) is 0.533. The zero-order valence-corrected chi connectivity index (χ0v) is 12.0. The van der Waals surface area contributed by atoms with Crippen molar-refractivity contribution >= 4 is 17.3 Å². The Kier molecular flexibility index (Phi) is 4.84. The number of nitrogens with one attached hydrogen (secondary N) is 1. The summed E-state index contributed by atoms with van der Waals surface area (Å²) < 4.78 is 10.7. The maximum absolute atomic E-state index is 11.8. The van der Waals surface area contributed by atoms with E-state index in [1.54, 1.807) is 18.2 Å². The lowest BCUT2D eigenvalue weighted by atomic mass is 10.1. The lowest BCUT2D eigenvalue weighted by Crippen LogP contribution is -2.19. The maximum atomic E-state index is 11.8. The van der Waals surface area contributed by atoms with Gasteiger partial charge in [-0.1, -0.05) is 0 Å². The quantitative estimate of drug-likeness (QED) is 0.639. The van der Waals surface area contributed by atoms with Gasteiger partial charge in [-0.2, -0.15) is 0 Å². The number of hydrogen-bond donors (Lipinski definition) is 2. The third-order valence-electron chi connectivity index (χ3n) is 3.17. The van der Waals surface area contributed by atoms with Crippen LogP contribution in [0.2, 0.25) is 0 Å². The Morgan fingerprint density at radius 1 is 1.55 bits per heavy atom. The standard InChI is InChI=1S/C15H22N2O3/c1-10(2)20-15(18)11-5-6-14(13(16)8-11)17-9-12-4-3-7-19-12/h5-6,8,10,12,17H,3-4,7,9,16H2,1-2H3/t12-/m1/s1. The van der Waals surface area contributed by atoms with Crippen LogP contribution in [-0.2, 0) is 9.47 Å². The highest BCUT2D eigenvalue weighted by Gasteiger charge is 2.16. The number of ether oxygens (including phenoxy) is 2. The van der Waals surface area contributed by atoms with Gasteiger partial charge in [0.2, 0.25) is 0 Å². The third kappa shape index (κ3) is 3.87. The zero-order chi connectivity index (χ0) is 14.5. The van der Waals surface area contributed by atoms with Gasteiger partial charge in [-0.3, -0.25) is 0 Å². The molecule has 20 heavy (non-hydrogen) atoms. The predicted octanol–water partition coefficient (Wildman–Crippen LogP) is 2.42. The lowest BCUT2D eigenvalue weighted by Gasteiger charge is -2.14. The van der Waals surface area contributed by atoms with E-state index in [9.17, 15) is 4.79 Å². The highest BCUT2D eigenvalue weighted by Crippen LogP contribution is 2.22. The first-order valence-electron chi connectivity index (χ1n) is 7.02. The Morgan fingerprint density at radius 2 is 2.35 bits per heavy atom. The van der Waals surface area contributed by atoms with Crippen molar-refractivity contribution in [2.45, 2.75) is 38.9 Å². The van der Waals surface area contributed by atoms with Crippen LogP contribution in [0.25, 0.3) is 0 Å². The fourth-order valence-electron chi connectivity index (χ4n) is 2.16. The van der Waals surface area contributed by atoms with E-state index < -0.39 is 0 Å². The van der Waals surface area contributed by atoms with Crippen LogP contribution in [0.15, 0.2) is 18.2 Å². The average Bonchev–Trinajstić information content (AvgIpc) is 2.89. The smallest absolute Gasteiger partial charge is 0.338 e. The summed E-state index contributed by atoms with van der Waals surface area (Å²) in [5.74, 6) is -0.350. The van der Waals surface area contributed by atoms with Crippen molar-refractivity contribution in [3.8, 4) is 0 Å². The first-order chi connectivity index (χ1) is 9.56. The molecule has 1 atom stereocenters. The molecule has 1 aliphatic heterocycles. The molecule has 0 amide bonds. The molecule has 2 rings (SSSR count). The first-order valence-corrected chi connectivity index (χ1v) is 7.02. The lowest BCUT2D eigenvalue weighted by molar-refractivity contribution is 0.0378. The predicted molar refractivity (Wildman–Crippen MR) is 78.9 cm³/mol. The van der Waals surface area contributed by atoms with E-state index in [0.717, 1.165) is 31.7 Å². The summed E-state index contributed by atoms with van der Waals surface area (Å²) in [6.45, 7) is 5.21. The van der Waals surface area contributed by atoms with E-state index in [1.165, 1.54) is 0 Å². The Labute approximate surface area is 119 Å². The molecular weight excluding hydrogens is 256 g/mol. The van der Waals surface area contributed by atoms with Crippen molar-refractivity contribution in [2.24, 2.45) is 0 Å². The number of nitrogens with two attached hydrogens (primary N) is 1. The van der Waals surface area contributed by atoms with Crippen molar-refractivity contribution in [1.29, 1.82) is 0 Å². The molecule has 1 aromatic rings. The van der Waals surface area contributed by atoms with Crippen molar-refractivity contribution in [1.82, 2.24) is 0 Å². The number of nitrogen functional groups attached to an aromatic ring is 1. The Hall–Kier alpha value is -1.75. The van der Waals surface area contributed by atoms with E-state index in [0.29, 0.717) is 11.3 Å². The second-order valence-electron chi connectivity index (χ2n) is 5.27. The normalized spacial score (nSPS) is 18.2. The molecule has 0 spiro atoms. The van der Waals surface area contributed by atoms with Crippen molar-refractivity contribution in [2.75, 3.05) is 24.2 Å². The minimum Gasteiger partial charge on any atom is -0.459 e. The summed E-state index contributed by atoms with van der Waals surface area (Å²) in [5, 5.41) is 3.26. The molecule has 0 aliphatic carbocycles. The number of hydrogen-bond acceptors (Lipinski definition) is 5. The van der Waals surface area contributed by atoms with Crippen molar-refractivity contribution in [3.05, 3.63) is 23.8 Å². The molecule has 1 aromatic carbocycles. The van der Waals surface area contributed by atoms with Crippen molar-refractivity contribution < 1.29 is 14.3 Å². The summed E-state index contributed by atoms with van der Waals surface area (Å²) in [6.07, 6.45) is 2.30. The maximum Gasteiger partial charge on any atom is 0.338 e. The van der Waals surface area contributed by atoms with Crippen LogP contribution in [0, 0.1) is 0 Å². The van der Waals surface area contributed by atoms with Crippen LogP contribution in [0.4, 0.5) is 11.4 Å². The molecule has 0 unspecified atom stereocenters. The number of esters is 1. The number of carbonyl (C=O) groups excluding carboxylic acids is 1. The molecule has 5 nitrogen and oxygen atoms in total. The summed E-state index contributed by atoms with van der Waals surface area (Å²) in [7, 11) is 0. The molecule has 3 N–H and O–H groups in total. The summed E-state index contributed by atoms with van der Waals surface area (Å²) in [6, 6.07) is 5.17. The molecule has 0 aromatic heterocycles. The van der Waals surface area contributed by atoms with E-state index >= 15 is 0 Å². The molecule has 5 heteroatoms. The Balaban J connectivity index is 1.96. The van der Waals surface area contributed by atoms with Gasteiger partial charge < -0.3 is 20.5 Å². The van der Waals surface area contributed by atoms with Gasteiger partial charge in [-0.15, -0.1) is 0 Å². The number of rotatable bonds is 5. The second kappa shape index (κ2) is 6.61. The third-order valence-corrected chi connectivity index (χ3v) is 3.17. The van der Waals surface area contributed by atoms with Gasteiger partial charge in [0.15, 0.2) is 0 Å². The number of benzene rings is 1. The van der Waals surface area contributed by atoms with Crippen LogP contribution in [0.3, 0.4) is 0 Å². The topological polar surface area (TPSA) is 73.6 Å². The molecule has 1 saturated heterocycles. The van der Waals surface area contributed by atoms with Gasteiger partial charge in [0.25, 0.3) is 0 Å². The van der Waals surface area contributed by atoms with Crippen molar-refractivity contribution in [3.63, 3.8) is 0 Å². The van der Waals surface area contributed by atoms with Crippen LogP contribution in [-0.4, -0.2) is 31.3 Å². The van der Waals surface area contributed by atoms with E-state index in [2.05, 4.69) is 5.32 Å². The monoisotopic (exact) mass is 278 g/mol. The van der Waals surface area contributed by atoms with Gasteiger partial charge in [0, 0.05) is 13.2 Å². The Bertz CT molecular complexity index is 468. The summed E-state index contributed by atoms with van der Waals surface area (Å²) >= 11 is 0. The Morgan fingerprint density at radius 3 is 2.95 bits per heavy atom. The van der Waals surface area contributed by atoms with Gasteiger partial charge in [-0.25, -0.2) is 4.79 Å². The molecular formula is C15H22N2O3. The van der Waals surface area contributed by atoms with Crippen LogP contribution >= 0.6 is 0 Å². The molecule has 1 aliphatic rings. The van der Waals surface area contributed by atoms with Crippen LogP contribution in [0.5, 0.6) is 0 Å².